The van der Waals surface area contributed by atoms with Gasteiger partial charge in [-0.2, -0.15) is 0 Å². The van der Waals surface area contributed by atoms with Crippen molar-refractivity contribution in [2.45, 2.75) is 13.8 Å². The first-order valence-electron chi connectivity index (χ1n) is 8.27. The number of pyridine rings is 2. The summed E-state index contributed by atoms with van der Waals surface area (Å²) in [5.41, 5.74) is 4.89. The number of rotatable bonds is 3. The summed E-state index contributed by atoms with van der Waals surface area (Å²) in [6.45, 7) is 8.34. The maximum atomic E-state index is 6.38. The standard InChI is InChI=1S/C15H11N2.C7H6Cl.ClH.Fe.H3N/c1-3-13-9-8-12-7-6-11-5-4-10(2)16-14(11)15(12)17-13;1-6-3-2-4-7(8)5-6;;;/h4-9H,1H2,2H3;2-4H,1H3;1H;;1H3. The quantitative estimate of drug-likeness (QED) is 0.305. The summed E-state index contributed by atoms with van der Waals surface area (Å²) in [6, 6.07) is 18.4. The van der Waals surface area contributed by atoms with Crippen LogP contribution in [0.5, 0.6) is 0 Å². The molecular weight excluding hydrogens is 433 g/mol. The zero-order valence-electron chi connectivity index (χ0n) is 15.6. The Balaban J connectivity index is 0.00000140. The van der Waals surface area contributed by atoms with Crippen molar-refractivity contribution in [3.63, 3.8) is 0 Å². The Morgan fingerprint density at radius 2 is 1.50 bits per heavy atom. The van der Waals surface area contributed by atoms with Crippen LogP contribution in [0.25, 0.3) is 26.3 Å². The second-order valence-corrected chi connectivity index (χ2v) is 8.10. The summed E-state index contributed by atoms with van der Waals surface area (Å²) >= 11 is 7.06. The number of benzene rings is 2. The van der Waals surface area contributed by atoms with Crippen LogP contribution in [0, 0.1) is 13.8 Å². The second-order valence-electron chi connectivity index (χ2n) is 6.20. The number of nitrogens with zero attached hydrogens (tertiary/aromatic N) is 2. The van der Waals surface area contributed by atoms with Gasteiger partial charge in [0.1, 0.15) is 0 Å². The molecule has 146 valence electrons. The van der Waals surface area contributed by atoms with Gasteiger partial charge in [0, 0.05) is 0 Å². The first kappa shape index (κ1) is 22.3. The molecule has 6 heteroatoms. The Morgan fingerprint density at radius 1 is 0.893 bits per heavy atom. The maximum Gasteiger partial charge on any atom is -0.147 e. The third kappa shape index (κ3) is 4.22. The van der Waals surface area contributed by atoms with E-state index in [0.29, 0.717) is 15.0 Å². The van der Waals surface area contributed by atoms with Gasteiger partial charge >= 0.3 is 164 Å². The van der Waals surface area contributed by atoms with Crippen LogP contribution < -0.4 is 10.6 Å². The summed E-state index contributed by atoms with van der Waals surface area (Å²) in [5.74, 6) is 0. The van der Waals surface area contributed by atoms with E-state index in [-0.39, 0.29) is 18.6 Å². The molecule has 0 fully saturated rings. The van der Waals surface area contributed by atoms with Crippen molar-refractivity contribution < 1.29 is 15.0 Å². The molecule has 0 saturated heterocycles. The Kier molecular flexibility index (Phi) is 7.22. The minimum atomic E-state index is 0. The molecule has 4 aromatic rings. The van der Waals surface area contributed by atoms with Crippen molar-refractivity contribution in [1.29, 1.82) is 0 Å². The van der Waals surface area contributed by atoms with E-state index in [9.17, 15) is 0 Å². The summed E-state index contributed by atoms with van der Waals surface area (Å²) in [7, 11) is 0. The maximum absolute atomic E-state index is 6.38. The van der Waals surface area contributed by atoms with Gasteiger partial charge in [-0.1, -0.05) is 0 Å². The fraction of sp³-hybridized carbons (Fsp3) is 0.0909. The summed E-state index contributed by atoms with van der Waals surface area (Å²) in [4.78, 5) is 9.60. The molecule has 0 aliphatic rings. The van der Waals surface area contributed by atoms with E-state index >= 15 is 0 Å². The van der Waals surface area contributed by atoms with Gasteiger partial charge < -0.3 is 6.15 Å². The average Bonchev–Trinajstić information content (AvgIpc) is 2.64. The van der Waals surface area contributed by atoms with Gasteiger partial charge in [0.25, 0.3) is 0 Å². The van der Waals surface area contributed by atoms with Crippen molar-refractivity contribution in [1.82, 2.24) is 16.1 Å². The van der Waals surface area contributed by atoms with Gasteiger partial charge in [0.05, 0.1) is 0 Å². The zero-order chi connectivity index (χ0) is 18.3. The van der Waals surface area contributed by atoms with Crippen LogP contribution in [-0.4, -0.2) is 9.97 Å². The number of aryl methyl sites for hydroxylation is 2. The molecule has 2 heterocycles. The molecule has 0 spiro atoms. The van der Waals surface area contributed by atoms with Crippen molar-refractivity contribution in [2.24, 2.45) is 0 Å². The number of halogens is 2. The number of hydrogen-bond donors (Lipinski definition) is 1. The van der Waals surface area contributed by atoms with E-state index in [4.69, 9.17) is 21.6 Å². The zero-order valence-corrected chi connectivity index (χ0v) is 18.3. The summed E-state index contributed by atoms with van der Waals surface area (Å²) in [5, 5.41) is 2.95. The smallest absolute Gasteiger partial charge is 0.147 e. The largest absolute Gasteiger partial charge is 0.344 e. The molecule has 2 aromatic carbocycles. The van der Waals surface area contributed by atoms with Crippen LogP contribution in [0.2, 0.25) is 5.02 Å². The summed E-state index contributed by atoms with van der Waals surface area (Å²) < 4.78 is 2.06. The molecule has 3 N–H and O–H groups in total. The van der Waals surface area contributed by atoms with Gasteiger partial charge in [0.15, 0.2) is 0 Å². The SMILES string of the molecule is C=[C]([Fe][c]1c(C)cccc1Cl)c1ccc2ccc3ccc(C)nc3c2n1.Cl.N. The Labute approximate surface area is 182 Å². The van der Waals surface area contributed by atoms with Crippen molar-refractivity contribution in [3.8, 4) is 0 Å². The topological polar surface area (TPSA) is 60.8 Å². The number of aromatic nitrogens is 2. The number of fused-ring (bicyclic) bond motifs is 3. The molecule has 0 radical (unpaired) electrons. The van der Waals surface area contributed by atoms with Crippen LogP contribution in [0.3, 0.4) is 0 Å². The molecule has 0 saturated carbocycles. The van der Waals surface area contributed by atoms with Gasteiger partial charge in [-0.15, -0.1) is 12.4 Å². The van der Waals surface area contributed by atoms with Crippen molar-refractivity contribution in [3.05, 3.63) is 83.2 Å². The van der Waals surface area contributed by atoms with E-state index < -0.39 is 0 Å². The van der Waals surface area contributed by atoms with Crippen LogP contribution in [-0.2, 0) is 15.0 Å². The monoisotopic (exact) mass is 453 g/mol. The van der Waals surface area contributed by atoms with Crippen molar-refractivity contribution in [2.75, 3.05) is 0 Å². The molecule has 4 rings (SSSR count). The number of hydrogen-bond acceptors (Lipinski definition) is 3. The average molecular weight is 454 g/mol. The molecule has 0 aliphatic carbocycles. The van der Waals surface area contributed by atoms with Gasteiger partial charge in [0.2, 0.25) is 0 Å². The van der Waals surface area contributed by atoms with Crippen molar-refractivity contribution >= 4 is 54.7 Å². The van der Waals surface area contributed by atoms with Gasteiger partial charge in [-0.25, -0.2) is 0 Å². The van der Waals surface area contributed by atoms with Crippen LogP contribution >= 0.6 is 24.0 Å². The Bertz CT molecular complexity index is 1150. The molecule has 0 atom stereocenters. The Hall–Kier alpha value is -1.94. The minimum absolute atomic E-state index is 0. The molecule has 0 aliphatic heterocycles. The van der Waals surface area contributed by atoms with E-state index in [1.54, 1.807) is 0 Å². The van der Waals surface area contributed by atoms with E-state index in [1.807, 2.05) is 31.2 Å². The first-order chi connectivity index (χ1) is 12.5. The first-order valence-corrected chi connectivity index (χ1v) is 9.75. The summed E-state index contributed by atoms with van der Waals surface area (Å²) in [6.07, 6.45) is 0. The molecule has 2 aromatic heterocycles. The van der Waals surface area contributed by atoms with Gasteiger partial charge in [-0.05, 0) is 0 Å². The van der Waals surface area contributed by atoms with Crippen LogP contribution in [0.1, 0.15) is 17.0 Å². The molecular formula is C22H21Cl2FeN3. The molecule has 0 unspecified atom stereocenters. The van der Waals surface area contributed by atoms with Crippen LogP contribution in [0.4, 0.5) is 0 Å². The van der Waals surface area contributed by atoms with E-state index in [2.05, 4.69) is 43.8 Å². The van der Waals surface area contributed by atoms with E-state index in [0.717, 1.165) is 47.1 Å². The molecule has 28 heavy (non-hydrogen) atoms. The predicted octanol–water partition coefficient (Wildman–Crippen LogP) is 6.02. The molecule has 0 amide bonds. The third-order valence-electron chi connectivity index (χ3n) is 4.25. The molecule has 0 bridgehead atoms. The molecule has 3 nitrogen and oxygen atoms in total. The second kappa shape index (κ2) is 9.04. The fourth-order valence-electron chi connectivity index (χ4n) is 2.88. The normalized spacial score (nSPS) is 10.5. The Morgan fingerprint density at radius 3 is 2.18 bits per heavy atom. The minimum Gasteiger partial charge on any atom is -0.344 e. The predicted molar refractivity (Wildman–Crippen MR) is 119 cm³/mol. The van der Waals surface area contributed by atoms with Crippen LogP contribution in [0.15, 0.2) is 61.2 Å². The van der Waals surface area contributed by atoms with E-state index in [1.165, 1.54) is 5.56 Å². The fourth-order valence-corrected chi connectivity index (χ4v) is 4.41. The van der Waals surface area contributed by atoms with Gasteiger partial charge in [-0.3, -0.25) is 0 Å². The third-order valence-corrected chi connectivity index (χ3v) is 6.34.